The van der Waals surface area contributed by atoms with E-state index < -0.39 is 5.41 Å². The summed E-state index contributed by atoms with van der Waals surface area (Å²) in [4.78, 5) is 12.6. The molecule has 2 aromatic rings. The van der Waals surface area contributed by atoms with Gasteiger partial charge in [-0.1, -0.05) is 36.5 Å². The highest BCUT2D eigenvalue weighted by atomic mass is 32.1. The number of aryl methyl sites for hydroxylation is 1. The molecule has 2 rings (SSSR count). The molecule has 0 aliphatic heterocycles. The third-order valence-electron chi connectivity index (χ3n) is 3.34. The van der Waals surface area contributed by atoms with E-state index in [1.54, 1.807) is 7.11 Å². The summed E-state index contributed by atoms with van der Waals surface area (Å²) in [7, 11) is 1.60. The van der Waals surface area contributed by atoms with E-state index in [-0.39, 0.29) is 5.91 Å². The van der Waals surface area contributed by atoms with Crippen molar-refractivity contribution in [3.63, 3.8) is 0 Å². The van der Waals surface area contributed by atoms with Crippen LogP contribution in [-0.2, 0) is 16.6 Å². The van der Waals surface area contributed by atoms with Crippen LogP contribution >= 0.6 is 11.3 Å². The van der Waals surface area contributed by atoms with E-state index in [0.29, 0.717) is 10.9 Å². The van der Waals surface area contributed by atoms with Gasteiger partial charge in [-0.25, -0.2) is 0 Å². The molecule has 1 aromatic heterocycles. The highest BCUT2D eigenvalue weighted by molar-refractivity contribution is 7.15. The number of nitrogens with zero attached hydrogens (tertiary/aromatic N) is 2. The Balaban J connectivity index is 2.23. The van der Waals surface area contributed by atoms with Crippen LogP contribution in [0.5, 0.6) is 5.75 Å². The molecule has 112 valence electrons. The van der Waals surface area contributed by atoms with Gasteiger partial charge in [0.15, 0.2) is 0 Å². The van der Waals surface area contributed by atoms with E-state index in [9.17, 15) is 4.79 Å². The maximum atomic E-state index is 12.6. The predicted molar refractivity (Wildman–Crippen MR) is 83.9 cm³/mol. The molecule has 0 saturated heterocycles. The van der Waals surface area contributed by atoms with Crippen molar-refractivity contribution in [3.8, 4) is 5.75 Å². The second-order valence-electron chi connectivity index (χ2n) is 5.13. The van der Waals surface area contributed by atoms with Crippen molar-refractivity contribution < 1.29 is 9.53 Å². The lowest BCUT2D eigenvalue weighted by molar-refractivity contribution is -0.120. The largest absolute Gasteiger partial charge is 0.496 e. The first kappa shape index (κ1) is 15.4. The SMILES string of the molecule is CCc1nnc(NC(=O)C(C)(C)c2ccccc2OC)s1. The average Bonchev–Trinajstić information content (AvgIpc) is 2.94. The molecule has 1 heterocycles. The number of hydrogen-bond donors (Lipinski definition) is 1. The molecule has 0 aliphatic carbocycles. The van der Waals surface area contributed by atoms with Gasteiger partial charge in [-0.3, -0.25) is 10.1 Å². The number of ether oxygens (including phenoxy) is 1. The summed E-state index contributed by atoms with van der Waals surface area (Å²) in [5.41, 5.74) is 0.107. The van der Waals surface area contributed by atoms with Gasteiger partial charge in [0.1, 0.15) is 10.8 Å². The molecular weight excluding hydrogens is 286 g/mol. The van der Waals surface area contributed by atoms with Crippen LogP contribution in [0.25, 0.3) is 0 Å². The summed E-state index contributed by atoms with van der Waals surface area (Å²) < 4.78 is 5.35. The van der Waals surface area contributed by atoms with Crippen LogP contribution in [-0.4, -0.2) is 23.2 Å². The first-order chi connectivity index (χ1) is 9.98. The van der Waals surface area contributed by atoms with Crippen LogP contribution in [0.15, 0.2) is 24.3 Å². The Labute approximate surface area is 128 Å². The molecule has 6 heteroatoms. The zero-order valence-corrected chi connectivity index (χ0v) is 13.5. The van der Waals surface area contributed by atoms with E-state index in [1.807, 2.05) is 45.0 Å². The van der Waals surface area contributed by atoms with Gasteiger partial charge in [-0.05, 0) is 26.3 Å². The summed E-state index contributed by atoms with van der Waals surface area (Å²) in [6.45, 7) is 5.73. The maximum absolute atomic E-state index is 12.6. The minimum absolute atomic E-state index is 0.134. The predicted octanol–water partition coefficient (Wildman–Crippen LogP) is 3.03. The smallest absolute Gasteiger partial charge is 0.236 e. The molecule has 21 heavy (non-hydrogen) atoms. The number of nitrogens with one attached hydrogen (secondary N) is 1. The summed E-state index contributed by atoms with van der Waals surface area (Å²) in [5, 5.41) is 12.3. The lowest BCUT2D eigenvalue weighted by atomic mass is 9.83. The van der Waals surface area contributed by atoms with Gasteiger partial charge in [0, 0.05) is 5.56 Å². The number of benzene rings is 1. The van der Waals surface area contributed by atoms with Crippen molar-refractivity contribution in [2.45, 2.75) is 32.6 Å². The van der Waals surface area contributed by atoms with Crippen LogP contribution in [0.1, 0.15) is 31.3 Å². The molecule has 0 bridgehead atoms. The standard InChI is InChI=1S/C15H19N3O2S/c1-5-12-17-18-14(21-12)16-13(19)15(2,3)10-8-6-7-9-11(10)20-4/h6-9H,5H2,1-4H3,(H,16,18,19). The van der Waals surface area contributed by atoms with Crippen LogP contribution in [0.2, 0.25) is 0 Å². The average molecular weight is 305 g/mol. The Morgan fingerprint density at radius 3 is 2.67 bits per heavy atom. The molecule has 0 atom stereocenters. The normalized spacial score (nSPS) is 11.2. The number of methoxy groups -OCH3 is 1. The van der Waals surface area contributed by atoms with Gasteiger partial charge in [0.2, 0.25) is 11.0 Å². The first-order valence-electron chi connectivity index (χ1n) is 6.76. The molecule has 1 aromatic carbocycles. The lowest BCUT2D eigenvalue weighted by Crippen LogP contribution is -2.35. The summed E-state index contributed by atoms with van der Waals surface area (Å²) in [6, 6.07) is 7.53. The van der Waals surface area contributed by atoms with Crippen LogP contribution < -0.4 is 10.1 Å². The van der Waals surface area contributed by atoms with Gasteiger partial charge < -0.3 is 4.74 Å². The topological polar surface area (TPSA) is 64.1 Å². The highest BCUT2D eigenvalue weighted by Gasteiger charge is 2.33. The van der Waals surface area contributed by atoms with E-state index in [4.69, 9.17) is 4.74 Å². The second kappa shape index (κ2) is 6.22. The Hall–Kier alpha value is -1.95. The molecule has 0 unspecified atom stereocenters. The Morgan fingerprint density at radius 2 is 2.05 bits per heavy atom. The van der Waals surface area contributed by atoms with Gasteiger partial charge in [-0.15, -0.1) is 10.2 Å². The Morgan fingerprint density at radius 1 is 1.33 bits per heavy atom. The third-order valence-corrected chi connectivity index (χ3v) is 4.32. The molecule has 0 saturated carbocycles. The number of carbonyl (C=O) groups is 1. The van der Waals surface area contributed by atoms with Crippen molar-refractivity contribution in [1.82, 2.24) is 10.2 Å². The number of carbonyl (C=O) groups excluding carboxylic acids is 1. The number of rotatable bonds is 5. The van der Waals surface area contributed by atoms with Gasteiger partial charge >= 0.3 is 0 Å². The summed E-state index contributed by atoms with van der Waals surface area (Å²) >= 11 is 1.40. The molecule has 1 amide bonds. The third kappa shape index (κ3) is 3.21. The van der Waals surface area contributed by atoms with Crippen molar-refractivity contribution >= 4 is 22.4 Å². The van der Waals surface area contributed by atoms with Gasteiger partial charge in [-0.2, -0.15) is 0 Å². The molecule has 0 fully saturated rings. The number of para-hydroxylation sites is 1. The van der Waals surface area contributed by atoms with Crippen LogP contribution in [0.4, 0.5) is 5.13 Å². The summed E-state index contributed by atoms with van der Waals surface area (Å²) in [6.07, 6.45) is 0.809. The Kier molecular flexibility index (Phi) is 4.57. The minimum Gasteiger partial charge on any atom is -0.496 e. The van der Waals surface area contributed by atoms with E-state index in [1.165, 1.54) is 11.3 Å². The number of aromatic nitrogens is 2. The van der Waals surface area contributed by atoms with Crippen molar-refractivity contribution in [2.75, 3.05) is 12.4 Å². The molecular formula is C15H19N3O2S. The van der Waals surface area contributed by atoms with Crippen LogP contribution in [0, 0.1) is 0 Å². The summed E-state index contributed by atoms with van der Waals surface area (Å²) in [5.74, 6) is 0.565. The van der Waals surface area contributed by atoms with Crippen molar-refractivity contribution in [1.29, 1.82) is 0 Å². The Bertz CT molecular complexity index is 637. The molecule has 0 spiro atoms. The van der Waals surface area contributed by atoms with Crippen molar-refractivity contribution in [3.05, 3.63) is 34.8 Å². The molecule has 5 nitrogen and oxygen atoms in total. The molecule has 1 N–H and O–H groups in total. The fraction of sp³-hybridized carbons (Fsp3) is 0.400. The fourth-order valence-electron chi connectivity index (χ4n) is 1.98. The second-order valence-corrected chi connectivity index (χ2v) is 6.20. The zero-order chi connectivity index (χ0) is 15.5. The zero-order valence-electron chi connectivity index (χ0n) is 12.6. The number of hydrogen-bond acceptors (Lipinski definition) is 5. The van der Waals surface area contributed by atoms with E-state index in [0.717, 1.165) is 17.0 Å². The van der Waals surface area contributed by atoms with Crippen molar-refractivity contribution in [2.24, 2.45) is 0 Å². The lowest BCUT2D eigenvalue weighted by Gasteiger charge is -2.25. The number of anilines is 1. The molecule has 0 radical (unpaired) electrons. The van der Waals surface area contributed by atoms with Gasteiger partial charge in [0.25, 0.3) is 0 Å². The quantitative estimate of drug-likeness (QED) is 0.922. The van der Waals surface area contributed by atoms with E-state index >= 15 is 0 Å². The first-order valence-corrected chi connectivity index (χ1v) is 7.58. The fourth-order valence-corrected chi connectivity index (χ4v) is 2.66. The highest BCUT2D eigenvalue weighted by Crippen LogP contribution is 2.32. The number of amides is 1. The van der Waals surface area contributed by atoms with Crippen LogP contribution in [0.3, 0.4) is 0 Å². The minimum atomic E-state index is -0.731. The van der Waals surface area contributed by atoms with Gasteiger partial charge in [0.05, 0.1) is 12.5 Å². The molecule has 0 aliphatic rings. The maximum Gasteiger partial charge on any atom is 0.236 e. The monoisotopic (exact) mass is 305 g/mol. The van der Waals surface area contributed by atoms with E-state index in [2.05, 4.69) is 15.5 Å².